The van der Waals surface area contributed by atoms with Crippen LogP contribution in [0.4, 0.5) is 0 Å². The van der Waals surface area contributed by atoms with Crippen LogP contribution in [0.2, 0.25) is 0 Å². The number of piperazine rings is 1. The Kier molecular flexibility index (Phi) is 7.28. The standard InChI is InChI=1S/C16H32N4O5S2/c1-5-19(6-2)27(24,25)20-10-8-18(9-11-20)14(3)16(21)17(4)15-7-12-26(22,23)13-15/h14-15H,5-13H2,1-4H3. The van der Waals surface area contributed by atoms with Gasteiger partial charge in [-0.25, -0.2) is 8.42 Å². The van der Waals surface area contributed by atoms with E-state index in [0.29, 0.717) is 45.7 Å². The first-order valence-electron chi connectivity index (χ1n) is 9.49. The maximum atomic E-state index is 12.8. The van der Waals surface area contributed by atoms with E-state index in [1.807, 2.05) is 18.7 Å². The highest BCUT2D eigenvalue weighted by Crippen LogP contribution is 2.19. The molecule has 0 spiro atoms. The molecule has 2 saturated heterocycles. The van der Waals surface area contributed by atoms with Gasteiger partial charge in [0, 0.05) is 52.4 Å². The van der Waals surface area contributed by atoms with E-state index in [4.69, 9.17) is 0 Å². The first-order chi connectivity index (χ1) is 12.5. The van der Waals surface area contributed by atoms with Crippen LogP contribution in [0.3, 0.4) is 0 Å². The molecule has 2 fully saturated rings. The summed E-state index contributed by atoms with van der Waals surface area (Å²) in [6, 6.07) is -0.675. The van der Waals surface area contributed by atoms with Crippen molar-refractivity contribution >= 4 is 26.0 Å². The van der Waals surface area contributed by atoms with Crippen LogP contribution in [0, 0.1) is 0 Å². The number of nitrogens with zero attached hydrogens (tertiary/aromatic N) is 4. The van der Waals surface area contributed by atoms with Crippen LogP contribution >= 0.6 is 0 Å². The van der Waals surface area contributed by atoms with Gasteiger partial charge in [0.25, 0.3) is 10.2 Å². The van der Waals surface area contributed by atoms with E-state index in [2.05, 4.69) is 0 Å². The summed E-state index contributed by atoms with van der Waals surface area (Å²) in [6.45, 7) is 7.95. The molecule has 0 radical (unpaired) electrons. The Labute approximate surface area is 163 Å². The summed E-state index contributed by atoms with van der Waals surface area (Å²) in [4.78, 5) is 16.3. The molecular formula is C16H32N4O5S2. The van der Waals surface area contributed by atoms with Crippen molar-refractivity contribution in [3.05, 3.63) is 0 Å². The lowest BCUT2D eigenvalue weighted by molar-refractivity contribution is -0.137. The van der Waals surface area contributed by atoms with E-state index in [1.165, 1.54) is 8.61 Å². The molecule has 2 rings (SSSR count). The summed E-state index contributed by atoms with van der Waals surface area (Å²) in [5, 5.41) is 0. The zero-order valence-corrected chi connectivity index (χ0v) is 18.3. The van der Waals surface area contributed by atoms with Crippen molar-refractivity contribution in [2.75, 3.05) is 57.8 Å². The molecule has 2 unspecified atom stereocenters. The number of hydrogen-bond acceptors (Lipinski definition) is 6. The fourth-order valence-electron chi connectivity index (χ4n) is 3.75. The molecule has 2 heterocycles. The Morgan fingerprint density at radius 3 is 2.15 bits per heavy atom. The van der Waals surface area contributed by atoms with Crippen LogP contribution in [0.25, 0.3) is 0 Å². The Morgan fingerprint density at radius 1 is 1.15 bits per heavy atom. The molecular weight excluding hydrogens is 392 g/mol. The second-order valence-electron chi connectivity index (χ2n) is 7.21. The molecule has 0 aromatic heterocycles. The molecule has 27 heavy (non-hydrogen) atoms. The highest BCUT2D eigenvalue weighted by molar-refractivity contribution is 7.91. The first-order valence-corrected chi connectivity index (χ1v) is 12.7. The Bertz CT molecular complexity index is 728. The normalized spacial score (nSPS) is 25.6. The van der Waals surface area contributed by atoms with Crippen molar-refractivity contribution < 1.29 is 21.6 Å². The Balaban J connectivity index is 1.94. The number of likely N-dealkylation sites (N-methyl/N-ethyl adjacent to an activating group) is 1. The molecule has 0 aliphatic carbocycles. The van der Waals surface area contributed by atoms with Crippen LogP contribution in [0.15, 0.2) is 0 Å². The largest absolute Gasteiger partial charge is 0.340 e. The summed E-state index contributed by atoms with van der Waals surface area (Å²) < 4.78 is 51.4. The molecule has 1 amide bonds. The summed E-state index contributed by atoms with van der Waals surface area (Å²) >= 11 is 0. The molecule has 0 bridgehead atoms. The Morgan fingerprint density at radius 2 is 1.70 bits per heavy atom. The molecule has 0 aromatic rings. The minimum atomic E-state index is -3.46. The van der Waals surface area contributed by atoms with E-state index in [1.54, 1.807) is 18.9 Å². The van der Waals surface area contributed by atoms with Crippen LogP contribution in [0.1, 0.15) is 27.2 Å². The number of rotatable bonds is 7. The van der Waals surface area contributed by atoms with Crippen molar-refractivity contribution in [3.63, 3.8) is 0 Å². The molecule has 2 aliphatic heterocycles. The topological polar surface area (TPSA) is 98.3 Å². The second-order valence-corrected chi connectivity index (χ2v) is 11.4. The lowest BCUT2D eigenvalue weighted by Crippen LogP contribution is -2.57. The molecule has 0 N–H and O–H groups in total. The van der Waals surface area contributed by atoms with E-state index in [-0.39, 0.29) is 23.5 Å². The third kappa shape index (κ3) is 5.00. The van der Waals surface area contributed by atoms with Gasteiger partial charge in [-0.3, -0.25) is 9.69 Å². The fourth-order valence-corrected chi connectivity index (χ4v) is 7.12. The fraction of sp³-hybridized carbons (Fsp3) is 0.938. The van der Waals surface area contributed by atoms with Crippen LogP contribution < -0.4 is 0 Å². The monoisotopic (exact) mass is 424 g/mol. The lowest BCUT2D eigenvalue weighted by Gasteiger charge is -2.39. The minimum Gasteiger partial charge on any atom is -0.340 e. The first kappa shape index (κ1) is 22.5. The van der Waals surface area contributed by atoms with Crippen LogP contribution in [-0.2, 0) is 24.8 Å². The number of hydrogen-bond donors (Lipinski definition) is 0. The average molecular weight is 425 g/mol. The predicted octanol–water partition coefficient (Wildman–Crippen LogP) is -0.775. The third-order valence-corrected chi connectivity index (χ3v) is 9.58. The van der Waals surface area contributed by atoms with Gasteiger partial charge < -0.3 is 4.90 Å². The van der Waals surface area contributed by atoms with Crippen molar-refractivity contribution in [2.24, 2.45) is 0 Å². The Hall–Kier alpha value is -0.750. The third-order valence-electron chi connectivity index (χ3n) is 5.64. The summed E-state index contributed by atoms with van der Waals surface area (Å²) in [5.41, 5.74) is 0. The maximum Gasteiger partial charge on any atom is 0.282 e. The summed E-state index contributed by atoms with van der Waals surface area (Å²) in [5.74, 6) is 0.0424. The predicted molar refractivity (Wildman–Crippen MR) is 104 cm³/mol. The van der Waals surface area contributed by atoms with Crippen molar-refractivity contribution in [3.8, 4) is 0 Å². The minimum absolute atomic E-state index is 0.0256. The van der Waals surface area contributed by atoms with Gasteiger partial charge in [-0.1, -0.05) is 13.8 Å². The van der Waals surface area contributed by atoms with Crippen molar-refractivity contribution in [1.82, 2.24) is 18.4 Å². The number of sulfone groups is 1. The highest BCUT2D eigenvalue weighted by Gasteiger charge is 2.37. The van der Waals surface area contributed by atoms with Crippen molar-refractivity contribution in [2.45, 2.75) is 39.3 Å². The van der Waals surface area contributed by atoms with Gasteiger partial charge in [0.05, 0.1) is 17.5 Å². The number of carbonyl (C=O) groups is 1. The van der Waals surface area contributed by atoms with Gasteiger partial charge >= 0.3 is 0 Å². The zero-order chi connectivity index (χ0) is 20.4. The molecule has 2 aliphatic rings. The molecule has 2 atom stereocenters. The van der Waals surface area contributed by atoms with Crippen LogP contribution in [-0.4, -0.2) is 111 Å². The van der Waals surface area contributed by atoms with Gasteiger partial charge in [-0.15, -0.1) is 0 Å². The van der Waals surface area contributed by atoms with Gasteiger partial charge in [0.2, 0.25) is 5.91 Å². The van der Waals surface area contributed by atoms with Gasteiger partial charge in [0.15, 0.2) is 9.84 Å². The van der Waals surface area contributed by atoms with Gasteiger partial charge in [0.1, 0.15) is 0 Å². The molecule has 9 nitrogen and oxygen atoms in total. The molecule has 158 valence electrons. The number of amides is 1. The van der Waals surface area contributed by atoms with Crippen LogP contribution in [0.5, 0.6) is 0 Å². The zero-order valence-electron chi connectivity index (χ0n) is 16.7. The van der Waals surface area contributed by atoms with E-state index < -0.39 is 26.1 Å². The highest BCUT2D eigenvalue weighted by atomic mass is 32.2. The number of carbonyl (C=O) groups excluding carboxylic acids is 1. The second kappa shape index (κ2) is 8.73. The smallest absolute Gasteiger partial charge is 0.282 e. The summed E-state index contributed by atoms with van der Waals surface area (Å²) in [7, 11) is -4.85. The van der Waals surface area contributed by atoms with E-state index in [9.17, 15) is 21.6 Å². The quantitative estimate of drug-likeness (QED) is 0.532. The van der Waals surface area contributed by atoms with Gasteiger partial charge in [-0.2, -0.15) is 17.0 Å². The maximum absolute atomic E-state index is 12.8. The SMILES string of the molecule is CCN(CC)S(=O)(=O)N1CCN(C(C)C(=O)N(C)C2CCS(=O)(=O)C2)CC1. The van der Waals surface area contributed by atoms with Gasteiger partial charge in [-0.05, 0) is 13.3 Å². The molecule has 0 saturated carbocycles. The van der Waals surface area contributed by atoms with Crippen molar-refractivity contribution in [1.29, 1.82) is 0 Å². The summed E-state index contributed by atoms with van der Waals surface area (Å²) in [6.07, 6.45) is 0.479. The lowest BCUT2D eigenvalue weighted by atomic mass is 10.1. The molecule has 0 aromatic carbocycles. The van der Waals surface area contributed by atoms with E-state index >= 15 is 0 Å². The average Bonchev–Trinajstić information content (AvgIpc) is 3.00. The molecule has 11 heteroatoms. The van der Waals surface area contributed by atoms with E-state index in [0.717, 1.165) is 0 Å².